The van der Waals surface area contributed by atoms with Gasteiger partial charge in [-0.1, -0.05) is 37.6 Å². The fourth-order valence-corrected chi connectivity index (χ4v) is 3.01. The normalized spacial score (nSPS) is 10.9. The third kappa shape index (κ3) is 5.45. The molecule has 3 aromatic rings. The summed E-state index contributed by atoms with van der Waals surface area (Å²) in [6.45, 7) is 4.51. The fourth-order valence-electron chi connectivity index (χ4n) is 3.01. The minimum Gasteiger partial charge on any atom is -0.493 e. The second kappa shape index (κ2) is 10.3. The number of carbonyl (C=O) groups is 2. The van der Waals surface area contributed by atoms with E-state index in [-0.39, 0.29) is 5.76 Å². The quantitative estimate of drug-likeness (QED) is 0.319. The summed E-state index contributed by atoms with van der Waals surface area (Å²) < 4.78 is 16.7. The number of para-hydroxylation sites is 1. The Morgan fingerprint density at radius 2 is 1.90 bits per heavy atom. The molecule has 1 aromatic heterocycles. The summed E-state index contributed by atoms with van der Waals surface area (Å²) in [6.07, 6.45) is 4.94. The Kier molecular flexibility index (Phi) is 7.32. The number of carbonyl (C=O) groups excluding carboxylic acids is 2. The topological polar surface area (TPSA) is 89.8 Å². The molecule has 0 aliphatic carbocycles. The van der Waals surface area contributed by atoms with E-state index in [1.54, 1.807) is 38.3 Å². The Morgan fingerprint density at radius 1 is 1.10 bits per heavy atom. The molecule has 3 rings (SSSR count). The number of ether oxygens (including phenoxy) is 2. The molecule has 0 spiro atoms. The summed E-state index contributed by atoms with van der Waals surface area (Å²) in [4.78, 5) is 24.5. The third-order valence-electron chi connectivity index (χ3n) is 4.72. The summed E-state index contributed by atoms with van der Waals surface area (Å²) in [7, 11) is 1.57. The van der Waals surface area contributed by atoms with Gasteiger partial charge in [-0.3, -0.25) is 20.4 Å². The molecule has 0 saturated carbocycles. The van der Waals surface area contributed by atoms with Crippen molar-refractivity contribution in [1.82, 2.24) is 10.9 Å². The van der Waals surface area contributed by atoms with E-state index in [1.807, 2.05) is 24.3 Å². The number of hydrazine groups is 1. The van der Waals surface area contributed by atoms with Crippen LogP contribution in [-0.4, -0.2) is 25.5 Å². The molecule has 0 radical (unpaired) electrons. The van der Waals surface area contributed by atoms with Crippen molar-refractivity contribution >= 4 is 28.9 Å². The number of hydrogen-bond acceptors (Lipinski definition) is 5. The summed E-state index contributed by atoms with van der Waals surface area (Å²) in [5.74, 6) is 0.405. The molecule has 7 nitrogen and oxygen atoms in total. The molecule has 0 unspecified atom stereocenters. The molecule has 7 heteroatoms. The maximum absolute atomic E-state index is 12.4. The molecular formula is C24H26N2O5. The third-order valence-corrected chi connectivity index (χ3v) is 4.72. The standard InChI is InChI=1S/C24H26N2O5/c1-4-5-14-30-20-12-10-17(15-21(20)29-3)11-13-22(27)25-26-24(28)23-16(2)18-8-6-7-9-19(18)31-23/h6-13,15H,4-5,14H2,1-3H3,(H,25,27)(H,26,28)/b13-11+. The highest BCUT2D eigenvalue weighted by Gasteiger charge is 2.17. The smallest absolute Gasteiger partial charge is 0.305 e. The van der Waals surface area contributed by atoms with E-state index in [9.17, 15) is 9.59 Å². The highest BCUT2D eigenvalue weighted by molar-refractivity contribution is 6.00. The van der Waals surface area contributed by atoms with Crippen molar-refractivity contribution in [2.45, 2.75) is 26.7 Å². The predicted octanol–water partition coefficient (Wildman–Crippen LogP) is 4.40. The van der Waals surface area contributed by atoms with Gasteiger partial charge in [-0.25, -0.2) is 0 Å². The maximum atomic E-state index is 12.4. The van der Waals surface area contributed by atoms with Crippen LogP contribution < -0.4 is 20.3 Å². The number of furan rings is 1. The lowest BCUT2D eigenvalue weighted by Gasteiger charge is -2.11. The molecule has 0 atom stereocenters. The number of benzene rings is 2. The first-order chi connectivity index (χ1) is 15.0. The fraction of sp³-hybridized carbons (Fsp3) is 0.250. The van der Waals surface area contributed by atoms with Crippen LogP contribution in [-0.2, 0) is 4.79 Å². The van der Waals surface area contributed by atoms with Crippen molar-refractivity contribution in [2.24, 2.45) is 0 Å². The van der Waals surface area contributed by atoms with Gasteiger partial charge in [-0.05, 0) is 43.2 Å². The maximum Gasteiger partial charge on any atom is 0.305 e. The van der Waals surface area contributed by atoms with Crippen molar-refractivity contribution in [2.75, 3.05) is 13.7 Å². The number of unbranched alkanes of at least 4 members (excludes halogenated alkanes) is 1. The summed E-state index contributed by atoms with van der Waals surface area (Å²) in [6, 6.07) is 12.8. The molecule has 1 heterocycles. The second-order valence-electron chi connectivity index (χ2n) is 6.94. The number of fused-ring (bicyclic) bond motifs is 1. The van der Waals surface area contributed by atoms with E-state index < -0.39 is 11.8 Å². The molecule has 162 valence electrons. The van der Waals surface area contributed by atoms with Crippen LogP contribution in [0.3, 0.4) is 0 Å². The van der Waals surface area contributed by atoms with Crippen molar-refractivity contribution in [3.05, 3.63) is 65.4 Å². The largest absolute Gasteiger partial charge is 0.493 e. The van der Waals surface area contributed by atoms with Crippen LogP contribution in [0.1, 0.15) is 41.4 Å². The van der Waals surface area contributed by atoms with Crippen LogP contribution in [0.15, 0.2) is 53.0 Å². The van der Waals surface area contributed by atoms with Gasteiger partial charge in [0, 0.05) is 17.0 Å². The molecule has 2 aromatic carbocycles. The van der Waals surface area contributed by atoms with Crippen LogP contribution in [0.5, 0.6) is 11.5 Å². The van der Waals surface area contributed by atoms with E-state index >= 15 is 0 Å². The van der Waals surface area contributed by atoms with E-state index in [0.29, 0.717) is 29.3 Å². The van der Waals surface area contributed by atoms with E-state index in [2.05, 4.69) is 17.8 Å². The van der Waals surface area contributed by atoms with Gasteiger partial charge in [-0.2, -0.15) is 0 Å². The average Bonchev–Trinajstić information content (AvgIpc) is 3.13. The summed E-state index contributed by atoms with van der Waals surface area (Å²) >= 11 is 0. The number of amides is 2. The first-order valence-electron chi connectivity index (χ1n) is 10.1. The van der Waals surface area contributed by atoms with E-state index in [1.165, 1.54) is 6.08 Å². The number of rotatable bonds is 8. The van der Waals surface area contributed by atoms with Gasteiger partial charge in [0.15, 0.2) is 17.3 Å². The van der Waals surface area contributed by atoms with Crippen molar-refractivity contribution < 1.29 is 23.5 Å². The number of methoxy groups -OCH3 is 1. The Balaban J connectivity index is 1.58. The first kappa shape index (κ1) is 22.0. The molecular weight excluding hydrogens is 396 g/mol. The molecule has 0 fully saturated rings. The van der Waals surface area contributed by atoms with Crippen molar-refractivity contribution in [3.63, 3.8) is 0 Å². The first-order valence-corrected chi connectivity index (χ1v) is 10.1. The van der Waals surface area contributed by atoms with Gasteiger partial charge in [0.1, 0.15) is 5.58 Å². The minimum atomic E-state index is -0.522. The molecule has 0 aliphatic heterocycles. The van der Waals surface area contributed by atoms with Gasteiger partial charge in [0.2, 0.25) is 0 Å². The van der Waals surface area contributed by atoms with Crippen molar-refractivity contribution in [3.8, 4) is 11.5 Å². The van der Waals surface area contributed by atoms with Crippen LogP contribution in [0, 0.1) is 6.92 Å². The zero-order valence-electron chi connectivity index (χ0n) is 17.9. The van der Waals surface area contributed by atoms with Gasteiger partial charge in [0.25, 0.3) is 5.91 Å². The number of hydrogen-bond donors (Lipinski definition) is 2. The van der Waals surface area contributed by atoms with Gasteiger partial charge in [-0.15, -0.1) is 0 Å². The Labute approximate surface area is 181 Å². The SMILES string of the molecule is CCCCOc1ccc(/C=C/C(=O)NNC(=O)c2oc3ccccc3c2C)cc1OC. The Hall–Kier alpha value is -3.74. The Morgan fingerprint density at radius 3 is 2.65 bits per heavy atom. The summed E-state index contributed by atoms with van der Waals surface area (Å²) in [5, 5.41) is 0.856. The van der Waals surface area contributed by atoms with Crippen LogP contribution in [0.4, 0.5) is 0 Å². The van der Waals surface area contributed by atoms with Crippen molar-refractivity contribution in [1.29, 1.82) is 0 Å². The van der Waals surface area contributed by atoms with Crippen LogP contribution in [0.2, 0.25) is 0 Å². The molecule has 2 amide bonds. The zero-order chi connectivity index (χ0) is 22.2. The summed E-state index contributed by atoms with van der Waals surface area (Å²) in [5.41, 5.74) is 6.82. The van der Waals surface area contributed by atoms with Crippen LogP contribution >= 0.6 is 0 Å². The molecule has 31 heavy (non-hydrogen) atoms. The lowest BCUT2D eigenvalue weighted by atomic mass is 10.1. The minimum absolute atomic E-state index is 0.161. The van der Waals surface area contributed by atoms with Gasteiger partial charge in [0.05, 0.1) is 13.7 Å². The lowest BCUT2D eigenvalue weighted by molar-refractivity contribution is -0.117. The predicted molar refractivity (Wildman–Crippen MR) is 119 cm³/mol. The van der Waals surface area contributed by atoms with E-state index in [0.717, 1.165) is 23.8 Å². The molecule has 0 saturated heterocycles. The average molecular weight is 422 g/mol. The van der Waals surface area contributed by atoms with Gasteiger partial charge >= 0.3 is 5.91 Å². The van der Waals surface area contributed by atoms with Crippen LogP contribution in [0.25, 0.3) is 17.0 Å². The highest BCUT2D eigenvalue weighted by atomic mass is 16.5. The number of nitrogens with one attached hydrogen (secondary N) is 2. The van der Waals surface area contributed by atoms with E-state index in [4.69, 9.17) is 13.9 Å². The number of aryl methyl sites for hydroxylation is 1. The molecule has 2 N–H and O–H groups in total. The van der Waals surface area contributed by atoms with Gasteiger partial charge < -0.3 is 13.9 Å². The zero-order valence-corrected chi connectivity index (χ0v) is 17.9. The molecule has 0 bridgehead atoms. The second-order valence-corrected chi connectivity index (χ2v) is 6.94. The molecule has 0 aliphatic rings. The Bertz CT molecular complexity index is 1100. The lowest BCUT2D eigenvalue weighted by Crippen LogP contribution is -2.40. The monoisotopic (exact) mass is 422 g/mol. The highest BCUT2D eigenvalue weighted by Crippen LogP contribution is 2.29.